The van der Waals surface area contributed by atoms with Crippen LogP contribution in [-0.4, -0.2) is 27.9 Å². The van der Waals surface area contributed by atoms with Crippen LogP contribution in [-0.2, 0) is 20.7 Å². The Balaban J connectivity index is 2.20. The number of nitrogens with one attached hydrogen (secondary N) is 1. The number of aromatic amines is 1. The van der Waals surface area contributed by atoms with Gasteiger partial charge in [-0.25, -0.2) is 4.98 Å². The number of H-pyrrole nitrogens is 1. The summed E-state index contributed by atoms with van der Waals surface area (Å²) in [5.74, 6) is -0.679. The van der Waals surface area contributed by atoms with Gasteiger partial charge in [0.15, 0.2) is 6.10 Å². The lowest BCUT2D eigenvalue weighted by atomic mass is 10.2. The van der Waals surface area contributed by atoms with Crippen LogP contribution in [0.1, 0.15) is 12.7 Å². The quantitative estimate of drug-likeness (QED) is 0.769. The average Bonchev–Trinajstić information content (AvgIpc) is 2.69. The van der Waals surface area contributed by atoms with Gasteiger partial charge in [-0.15, -0.1) is 0 Å². The fourth-order valence-corrected chi connectivity index (χ4v) is 1.68. The Morgan fingerprint density at radius 2 is 2.17 bits per heavy atom. The van der Waals surface area contributed by atoms with E-state index in [9.17, 15) is 9.59 Å². The number of rotatable bonds is 4. The summed E-state index contributed by atoms with van der Waals surface area (Å²) >= 11 is 0. The molecule has 94 valence electrons. The largest absolute Gasteiger partial charge is 0.452 e. The molecule has 0 saturated carbocycles. The second-order valence-electron chi connectivity index (χ2n) is 3.91. The molecule has 1 atom stereocenters. The van der Waals surface area contributed by atoms with E-state index in [1.807, 2.05) is 24.3 Å². The zero-order valence-corrected chi connectivity index (χ0v) is 9.84. The molecule has 1 aromatic heterocycles. The van der Waals surface area contributed by atoms with Gasteiger partial charge in [0.25, 0.3) is 5.91 Å². The number of primary amides is 1. The number of amides is 1. The number of esters is 1. The monoisotopic (exact) mass is 247 g/mol. The highest BCUT2D eigenvalue weighted by Crippen LogP contribution is 2.12. The number of hydrogen-bond donors (Lipinski definition) is 2. The molecule has 6 nitrogen and oxygen atoms in total. The van der Waals surface area contributed by atoms with Gasteiger partial charge < -0.3 is 15.5 Å². The van der Waals surface area contributed by atoms with Crippen LogP contribution in [0.3, 0.4) is 0 Å². The highest BCUT2D eigenvalue weighted by molar-refractivity contribution is 5.82. The first-order valence-corrected chi connectivity index (χ1v) is 5.46. The van der Waals surface area contributed by atoms with E-state index in [0.29, 0.717) is 5.82 Å². The predicted molar refractivity (Wildman–Crippen MR) is 64.5 cm³/mol. The van der Waals surface area contributed by atoms with Crippen LogP contribution in [0.15, 0.2) is 24.3 Å². The van der Waals surface area contributed by atoms with Gasteiger partial charge in [0.2, 0.25) is 0 Å². The van der Waals surface area contributed by atoms with Crippen LogP contribution >= 0.6 is 0 Å². The smallest absolute Gasteiger partial charge is 0.303 e. The third-order valence-corrected chi connectivity index (χ3v) is 2.44. The standard InChI is InChI=1S/C12H13N3O3/c1-7(16)18-10(12(13)17)6-11-14-8-4-2-3-5-9(8)15-11/h2-5,10H,6H2,1H3,(H2,13,17)(H,14,15)/t10-/m0/s1. The van der Waals surface area contributed by atoms with Crippen molar-refractivity contribution in [2.24, 2.45) is 5.73 Å². The lowest BCUT2D eigenvalue weighted by Crippen LogP contribution is -2.34. The summed E-state index contributed by atoms with van der Waals surface area (Å²) < 4.78 is 4.84. The number of fused-ring (bicyclic) bond motifs is 1. The summed E-state index contributed by atoms with van der Waals surface area (Å²) in [6.45, 7) is 1.23. The molecule has 1 aromatic carbocycles. The van der Waals surface area contributed by atoms with E-state index in [2.05, 4.69) is 9.97 Å². The van der Waals surface area contributed by atoms with Gasteiger partial charge in [-0.05, 0) is 12.1 Å². The molecule has 2 aromatic rings. The van der Waals surface area contributed by atoms with E-state index < -0.39 is 18.0 Å². The third kappa shape index (κ3) is 2.65. The van der Waals surface area contributed by atoms with Crippen molar-refractivity contribution in [2.75, 3.05) is 0 Å². The molecule has 0 radical (unpaired) electrons. The molecule has 0 saturated heterocycles. The molecule has 0 unspecified atom stereocenters. The minimum Gasteiger partial charge on any atom is -0.452 e. The molecular formula is C12H13N3O3. The molecule has 2 rings (SSSR count). The number of ether oxygens (including phenoxy) is 1. The fraction of sp³-hybridized carbons (Fsp3) is 0.250. The molecule has 18 heavy (non-hydrogen) atoms. The van der Waals surface area contributed by atoms with Crippen molar-refractivity contribution in [1.82, 2.24) is 9.97 Å². The summed E-state index contributed by atoms with van der Waals surface area (Å²) in [4.78, 5) is 29.3. The second kappa shape index (κ2) is 4.87. The lowest BCUT2D eigenvalue weighted by Gasteiger charge is -2.11. The van der Waals surface area contributed by atoms with E-state index in [1.165, 1.54) is 6.92 Å². The zero-order valence-electron chi connectivity index (χ0n) is 9.84. The molecule has 1 amide bonds. The van der Waals surface area contributed by atoms with Gasteiger partial charge in [-0.3, -0.25) is 9.59 Å². The van der Waals surface area contributed by atoms with Gasteiger partial charge in [-0.2, -0.15) is 0 Å². The topological polar surface area (TPSA) is 98.1 Å². The van der Waals surface area contributed by atoms with Crippen molar-refractivity contribution in [3.8, 4) is 0 Å². The number of hydrogen-bond acceptors (Lipinski definition) is 4. The fourth-order valence-electron chi connectivity index (χ4n) is 1.68. The second-order valence-corrected chi connectivity index (χ2v) is 3.91. The molecule has 3 N–H and O–H groups in total. The predicted octanol–water partition coefficient (Wildman–Crippen LogP) is 0.522. The lowest BCUT2D eigenvalue weighted by molar-refractivity contribution is -0.152. The first-order valence-electron chi connectivity index (χ1n) is 5.46. The molecule has 0 bridgehead atoms. The maximum absolute atomic E-state index is 11.2. The van der Waals surface area contributed by atoms with Crippen LogP contribution in [0.2, 0.25) is 0 Å². The summed E-state index contributed by atoms with van der Waals surface area (Å²) in [7, 11) is 0. The number of carbonyl (C=O) groups excluding carboxylic acids is 2. The molecule has 0 fully saturated rings. The molecule has 0 aliphatic heterocycles. The number of benzene rings is 1. The minimum atomic E-state index is -0.997. The average molecular weight is 247 g/mol. The van der Waals surface area contributed by atoms with E-state index in [-0.39, 0.29) is 6.42 Å². The molecule has 0 aliphatic rings. The van der Waals surface area contributed by atoms with Gasteiger partial charge in [0, 0.05) is 6.92 Å². The Hall–Kier alpha value is -2.37. The first-order chi connectivity index (χ1) is 8.56. The summed E-state index contributed by atoms with van der Waals surface area (Å²) in [6, 6.07) is 7.46. The maximum Gasteiger partial charge on any atom is 0.303 e. The van der Waals surface area contributed by atoms with Crippen LogP contribution in [0.25, 0.3) is 11.0 Å². The Morgan fingerprint density at radius 3 is 2.78 bits per heavy atom. The van der Waals surface area contributed by atoms with Crippen molar-refractivity contribution < 1.29 is 14.3 Å². The van der Waals surface area contributed by atoms with Crippen LogP contribution in [0.4, 0.5) is 0 Å². The van der Waals surface area contributed by atoms with Crippen molar-refractivity contribution in [1.29, 1.82) is 0 Å². The number of nitrogens with two attached hydrogens (primary N) is 1. The Labute approximate surface area is 103 Å². The van der Waals surface area contributed by atoms with Crippen LogP contribution in [0, 0.1) is 0 Å². The van der Waals surface area contributed by atoms with Crippen LogP contribution < -0.4 is 5.73 Å². The maximum atomic E-state index is 11.2. The molecule has 0 aliphatic carbocycles. The van der Waals surface area contributed by atoms with Gasteiger partial charge in [0.05, 0.1) is 17.5 Å². The van der Waals surface area contributed by atoms with Gasteiger partial charge >= 0.3 is 5.97 Å². The normalized spacial score (nSPS) is 12.3. The van der Waals surface area contributed by atoms with Gasteiger partial charge in [0.1, 0.15) is 5.82 Å². The van der Waals surface area contributed by atoms with Crippen molar-refractivity contribution in [2.45, 2.75) is 19.4 Å². The van der Waals surface area contributed by atoms with E-state index in [0.717, 1.165) is 11.0 Å². The number of imidazole rings is 1. The minimum absolute atomic E-state index is 0.142. The number of nitrogens with zero attached hydrogens (tertiary/aromatic N) is 1. The van der Waals surface area contributed by atoms with E-state index >= 15 is 0 Å². The third-order valence-electron chi connectivity index (χ3n) is 2.44. The van der Waals surface area contributed by atoms with E-state index in [4.69, 9.17) is 10.5 Å². The van der Waals surface area contributed by atoms with Gasteiger partial charge in [-0.1, -0.05) is 12.1 Å². The Kier molecular flexibility index (Phi) is 3.27. The number of aromatic nitrogens is 2. The Morgan fingerprint density at radius 1 is 1.44 bits per heavy atom. The Bertz CT molecular complexity index is 558. The zero-order chi connectivity index (χ0) is 13.1. The highest BCUT2D eigenvalue weighted by atomic mass is 16.5. The first kappa shape index (κ1) is 12.1. The number of para-hydroxylation sites is 2. The van der Waals surface area contributed by atoms with Crippen molar-refractivity contribution >= 4 is 22.9 Å². The number of carbonyl (C=O) groups is 2. The van der Waals surface area contributed by atoms with E-state index in [1.54, 1.807) is 0 Å². The van der Waals surface area contributed by atoms with Crippen molar-refractivity contribution in [3.05, 3.63) is 30.1 Å². The SMILES string of the molecule is CC(=O)O[C@@H](Cc1nc2ccccc2[nH]1)C(N)=O. The summed E-state index contributed by atoms with van der Waals surface area (Å²) in [5.41, 5.74) is 6.82. The highest BCUT2D eigenvalue weighted by Gasteiger charge is 2.20. The summed E-state index contributed by atoms with van der Waals surface area (Å²) in [6.07, 6.45) is -0.855. The molecule has 0 spiro atoms. The summed E-state index contributed by atoms with van der Waals surface area (Å²) in [5, 5.41) is 0. The molecule has 1 heterocycles. The molecule has 6 heteroatoms. The van der Waals surface area contributed by atoms with Crippen LogP contribution in [0.5, 0.6) is 0 Å². The van der Waals surface area contributed by atoms with Crippen molar-refractivity contribution in [3.63, 3.8) is 0 Å². The molecular weight excluding hydrogens is 234 g/mol.